The van der Waals surface area contributed by atoms with Gasteiger partial charge < -0.3 is 9.15 Å². The Morgan fingerprint density at radius 2 is 2.00 bits per heavy atom. The molecule has 0 saturated carbocycles. The number of rotatable bonds is 3. The van der Waals surface area contributed by atoms with Crippen LogP contribution in [-0.2, 0) is 0 Å². The molecule has 3 rings (SSSR count). The molecule has 0 amide bonds. The number of hydrogen-bond acceptors (Lipinski definition) is 5. The standard InChI is InChI=1S/C14H10N2O4/c1-9-5-4-8-12(13(9)16(17)18)20-14-15-10-6-2-3-7-11(10)19-14/h2-8H,1H3. The Bertz CT molecular complexity index is 762. The van der Waals surface area contributed by atoms with Crippen molar-refractivity contribution < 1.29 is 14.1 Å². The van der Waals surface area contributed by atoms with Gasteiger partial charge >= 0.3 is 11.8 Å². The lowest BCUT2D eigenvalue weighted by Gasteiger charge is -2.03. The zero-order valence-electron chi connectivity index (χ0n) is 10.6. The van der Waals surface area contributed by atoms with E-state index in [0.29, 0.717) is 16.7 Å². The molecule has 0 unspecified atom stereocenters. The molecule has 6 heteroatoms. The predicted molar refractivity (Wildman–Crippen MR) is 71.9 cm³/mol. The van der Waals surface area contributed by atoms with Gasteiger partial charge in [0.1, 0.15) is 5.52 Å². The van der Waals surface area contributed by atoms with Crippen LogP contribution in [0.1, 0.15) is 5.56 Å². The van der Waals surface area contributed by atoms with Gasteiger partial charge in [0.05, 0.1) is 4.92 Å². The summed E-state index contributed by atoms with van der Waals surface area (Å²) >= 11 is 0. The summed E-state index contributed by atoms with van der Waals surface area (Å²) in [5.74, 6) is 0.113. The quantitative estimate of drug-likeness (QED) is 0.533. The highest BCUT2D eigenvalue weighted by molar-refractivity contribution is 5.72. The van der Waals surface area contributed by atoms with Crippen molar-refractivity contribution in [1.82, 2.24) is 4.98 Å². The first-order valence-corrected chi connectivity index (χ1v) is 5.92. The van der Waals surface area contributed by atoms with E-state index in [0.717, 1.165) is 0 Å². The summed E-state index contributed by atoms with van der Waals surface area (Å²) in [4.78, 5) is 14.7. The van der Waals surface area contributed by atoms with Gasteiger partial charge in [0.15, 0.2) is 5.58 Å². The largest absolute Gasteiger partial charge is 0.409 e. The summed E-state index contributed by atoms with van der Waals surface area (Å²) in [5, 5.41) is 11.1. The molecule has 6 nitrogen and oxygen atoms in total. The minimum atomic E-state index is -0.479. The molecule has 20 heavy (non-hydrogen) atoms. The smallest absolute Gasteiger partial charge is 0.400 e. The molecule has 0 aliphatic rings. The van der Waals surface area contributed by atoms with Crippen LogP contribution in [0.25, 0.3) is 11.1 Å². The topological polar surface area (TPSA) is 78.4 Å². The van der Waals surface area contributed by atoms with E-state index < -0.39 is 4.92 Å². The van der Waals surface area contributed by atoms with Crippen LogP contribution >= 0.6 is 0 Å². The Balaban J connectivity index is 2.02. The van der Waals surface area contributed by atoms with Crippen LogP contribution in [0.2, 0.25) is 0 Å². The third kappa shape index (κ3) is 2.07. The van der Waals surface area contributed by atoms with Gasteiger partial charge in [-0.3, -0.25) is 10.1 Å². The predicted octanol–water partition coefficient (Wildman–Crippen LogP) is 3.84. The van der Waals surface area contributed by atoms with Crippen molar-refractivity contribution in [3.63, 3.8) is 0 Å². The van der Waals surface area contributed by atoms with Gasteiger partial charge in [-0.05, 0) is 25.1 Å². The highest BCUT2D eigenvalue weighted by Crippen LogP contribution is 2.34. The fourth-order valence-electron chi connectivity index (χ4n) is 1.94. The second-order valence-electron chi connectivity index (χ2n) is 4.23. The molecule has 1 heterocycles. The number of para-hydroxylation sites is 3. The number of nitrogens with zero attached hydrogens (tertiary/aromatic N) is 2. The molecular weight excluding hydrogens is 260 g/mol. The van der Waals surface area contributed by atoms with Crippen LogP contribution in [0.4, 0.5) is 5.69 Å². The average Bonchev–Trinajstić information content (AvgIpc) is 2.80. The zero-order chi connectivity index (χ0) is 14.1. The maximum atomic E-state index is 11.1. The number of aryl methyl sites for hydroxylation is 1. The van der Waals surface area contributed by atoms with Crippen LogP contribution in [0, 0.1) is 17.0 Å². The maximum absolute atomic E-state index is 11.1. The van der Waals surface area contributed by atoms with Crippen molar-refractivity contribution in [1.29, 1.82) is 0 Å². The second kappa shape index (κ2) is 4.65. The van der Waals surface area contributed by atoms with E-state index >= 15 is 0 Å². The van der Waals surface area contributed by atoms with E-state index in [4.69, 9.17) is 9.15 Å². The molecule has 1 aromatic heterocycles. The Labute approximate surface area is 113 Å². The summed E-state index contributed by atoms with van der Waals surface area (Å²) in [6.45, 7) is 1.65. The molecule has 0 aliphatic carbocycles. The molecule has 3 aromatic rings. The van der Waals surface area contributed by atoms with Gasteiger partial charge in [0.2, 0.25) is 5.75 Å². The molecule has 0 fully saturated rings. The highest BCUT2D eigenvalue weighted by Gasteiger charge is 2.20. The Morgan fingerprint density at radius 1 is 1.20 bits per heavy atom. The number of hydrogen-bond donors (Lipinski definition) is 0. The molecular formula is C14H10N2O4. The molecule has 0 saturated heterocycles. The third-order valence-electron chi connectivity index (χ3n) is 2.85. The first-order chi connectivity index (χ1) is 9.65. The van der Waals surface area contributed by atoms with Crippen molar-refractivity contribution in [2.24, 2.45) is 0 Å². The van der Waals surface area contributed by atoms with E-state index in [2.05, 4.69) is 4.98 Å². The van der Waals surface area contributed by atoms with Crippen molar-refractivity contribution in [3.8, 4) is 11.8 Å². The van der Waals surface area contributed by atoms with E-state index in [-0.39, 0.29) is 17.5 Å². The summed E-state index contributed by atoms with van der Waals surface area (Å²) < 4.78 is 10.8. The van der Waals surface area contributed by atoms with Crippen LogP contribution in [0.3, 0.4) is 0 Å². The van der Waals surface area contributed by atoms with Crippen molar-refractivity contribution in [2.75, 3.05) is 0 Å². The van der Waals surface area contributed by atoms with E-state index in [1.54, 1.807) is 31.2 Å². The number of fused-ring (bicyclic) bond motifs is 1. The molecule has 0 bridgehead atoms. The van der Waals surface area contributed by atoms with Crippen LogP contribution < -0.4 is 4.74 Å². The fraction of sp³-hybridized carbons (Fsp3) is 0.0714. The Kier molecular flexibility index (Phi) is 2.83. The average molecular weight is 270 g/mol. The molecule has 2 aromatic carbocycles. The number of nitro groups is 1. The van der Waals surface area contributed by atoms with Crippen molar-refractivity contribution in [3.05, 3.63) is 58.1 Å². The normalized spacial score (nSPS) is 10.7. The first kappa shape index (κ1) is 12.2. The van der Waals surface area contributed by atoms with Gasteiger partial charge in [-0.2, -0.15) is 4.98 Å². The first-order valence-electron chi connectivity index (χ1n) is 5.92. The highest BCUT2D eigenvalue weighted by atomic mass is 16.6. The van der Waals surface area contributed by atoms with Gasteiger partial charge in [-0.1, -0.05) is 24.3 Å². The molecule has 0 aliphatic heterocycles. The number of aromatic nitrogens is 1. The number of oxazole rings is 1. The summed E-state index contributed by atoms with van der Waals surface area (Å²) in [6, 6.07) is 12.0. The van der Waals surface area contributed by atoms with Crippen LogP contribution in [0.5, 0.6) is 11.8 Å². The van der Waals surface area contributed by atoms with Crippen LogP contribution in [-0.4, -0.2) is 9.91 Å². The monoisotopic (exact) mass is 270 g/mol. The fourth-order valence-corrected chi connectivity index (χ4v) is 1.94. The Hall–Kier alpha value is -2.89. The minimum absolute atomic E-state index is 0.0140. The summed E-state index contributed by atoms with van der Waals surface area (Å²) in [7, 11) is 0. The number of ether oxygens (including phenoxy) is 1. The van der Waals surface area contributed by atoms with Gasteiger partial charge in [0, 0.05) is 5.56 Å². The van der Waals surface area contributed by atoms with E-state index in [1.165, 1.54) is 6.07 Å². The van der Waals surface area contributed by atoms with Crippen molar-refractivity contribution in [2.45, 2.75) is 6.92 Å². The molecule has 0 radical (unpaired) electrons. The molecule has 0 N–H and O–H groups in total. The van der Waals surface area contributed by atoms with Gasteiger partial charge in [-0.15, -0.1) is 0 Å². The zero-order valence-corrected chi connectivity index (χ0v) is 10.6. The van der Waals surface area contributed by atoms with Crippen LogP contribution in [0.15, 0.2) is 46.9 Å². The Morgan fingerprint density at radius 3 is 2.75 bits per heavy atom. The minimum Gasteiger partial charge on any atom is -0.409 e. The lowest BCUT2D eigenvalue weighted by Crippen LogP contribution is -1.95. The summed E-state index contributed by atoms with van der Waals surface area (Å²) in [5.41, 5.74) is 1.63. The van der Waals surface area contributed by atoms with Gasteiger partial charge in [0.25, 0.3) is 0 Å². The van der Waals surface area contributed by atoms with Gasteiger partial charge in [-0.25, -0.2) is 0 Å². The van der Waals surface area contributed by atoms with Crippen molar-refractivity contribution >= 4 is 16.8 Å². The molecule has 0 atom stereocenters. The number of benzene rings is 2. The third-order valence-corrected chi connectivity index (χ3v) is 2.85. The van der Waals surface area contributed by atoms with E-state index in [1.807, 2.05) is 12.1 Å². The summed E-state index contributed by atoms with van der Waals surface area (Å²) in [6.07, 6.45) is -0.0140. The second-order valence-corrected chi connectivity index (χ2v) is 4.23. The maximum Gasteiger partial charge on any atom is 0.400 e. The molecule has 0 spiro atoms. The SMILES string of the molecule is Cc1cccc(Oc2nc3ccccc3o2)c1[N+](=O)[O-]. The molecule has 100 valence electrons. The number of nitro benzene ring substituents is 1. The van der Waals surface area contributed by atoms with E-state index in [9.17, 15) is 10.1 Å². The lowest BCUT2D eigenvalue weighted by molar-refractivity contribution is -0.386. The lowest BCUT2D eigenvalue weighted by atomic mass is 10.2.